The van der Waals surface area contributed by atoms with Crippen LogP contribution in [0.15, 0.2) is 42.6 Å². The van der Waals surface area contributed by atoms with E-state index in [2.05, 4.69) is 4.98 Å². The van der Waals surface area contributed by atoms with Gasteiger partial charge in [-0.05, 0) is 31.0 Å². The highest BCUT2D eigenvalue weighted by Crippen LogP contribution is 2.34. The number of aliphatic hydroxyl groups is 2. The number of carbonyl (C=O) groups excluding carboxylic acids is 1. The molecule has 0 aliphatic carbocycles. The van der Waals surface area contributed by atoms with E-state index < -0.39 is 52.0 Å². The fourth-order valence-electron chi connectivity index (χ4n) is 3.57. The number of aromatic nitrogens is 1. The first-order chi connectivity index (χ1) is 15.9. The first-order valence-electron chi connectivity index (χ1n) is 10.5. The van der Waals surface area contributed by atoms with Gasteiger partial charge in [0.2, 0.25) is 10.0 Å². The number of pyridine rings is 1. The number of sulfonamides is 1. The molecule has 0 saturated carbocycles. The summed E-state index contributed by atoms with van der Waals surface area (Å²) in [4.78, 5) is 15.4. The topological polar surface area (TPSA) is 120 Å². The van der Waals surface area contributed by atoms with Crippen molar-refractivity contribution in [1.29, 1.82) is 0 Å². The SMILES string of the molecule is CC(C)S(=O)(=O)N1CC(O)(c2ccc(-c3ccc(C(O)C(CF)NC(=O)C(F)F)cc3)cn2)C1. The van der Waals surface area contributed by atoms with Gasteiger partial charge in [-0.25, -0.2) is 12.8 Å². The number of hydrogen-bond donors (Lipinski definition) is 3. The van der Waals surface area contributed by atoms with Crippen LogP contribution in [0.5, 0.6) is 0 Å². The third-order valence-electron chi connectivity index (χ3n) is 5.73. The first kappa shape index (κ1) is 26.1. The lowest BCUT2D eigenvalue weighted by atomic mass is 9.92. The van der Waals surface area contributed by atoms with Crippen LogP contribution in [0.4, 0.5) is 13.2 Å². The summed E-state index contributed by atoms with van der Waals surface area (Å²) in [6, 6.07) is 7.92. The fourth-order valence-corrected chi connectivity index (χ4v) is 4.95. The summed E-state index contributed by atoms with van der Waals surface area (Å²) < 4.78 is 63.6. The van der Waals surface area contributed by atoms with Crippen molar-refractivity contribution in [1.82, 2.24) is 14.6 Å². The molecule has 2 aromatic rings. The minimum atomic E-state index is -3.46. The number of β-amino-alcohol motifs (C(OH)–C–C–N with tert-alkyl or cyclic N) is 1. The molecular weight excluding hydrogens is 475 g/mol. The van der Waals surface area contributed by atoms with Crippen molar-refractivity contribution in [3.8, 4) is 11.1 Å². The van der Waals surface area contributed by atoms with E-state index in [0.29, 0.717) is 16.8 Å². The van der Waals surface area contributed by atoms with Gasteiger partial charge in [-0.2, -0.15) is 13.1 Å². The van der Waals surface area contributed by atoms with Crippen LogP contribution in [0.3, 0.4) is 0 Å². The Hall–Kier alpha value is -2.54. The van der Waals surface area contributed by atoms with Gasteiger partial charge in [0.05, 0.1) is 17.0 Å². The van der Waals surface area contributed by atoms with E-state index in [4.69, 9.17) is 0 Å². The maximum absolute atomic E-state index is 13.2. The van der Waals surface area contributed by atoms with Crippen LogP contribution < -0.4 is 5.32 Å². The third kappa shape index (κ3) is 5.24. The average Bonchev–Trinajstić information content (AvgIpc) is 2.79. The van der Waals surface area contributed by atoms with Crippen molar-refractivity contribution in [2.75, 3.05) is 19.8 Å². The zero-order chi connectivity index (χ0) is 25.3. The summed E-state index contributed by atoms with van der Waals surface area (Å²) >= 11 is 0. The number of halogens is 3. The number of rotatable bonds is 9. The average molecular weight is 502 g/mol. The molecular formula is C22H26F3N3O5S. The second-order valence-corrected chi connectivity index (χ2v) is 11.0. The molecule has 1 aromatic heterocycles. The van der Waals surface area contributed by atoms with E-state index in [1.807, 2.05) is 0 Å². The molecule has 2 unspecified atom stereocenters. The van der Waals surface area contributed by atoms with Crippen LogP contribution in [0.25, 0.3) is 11.1 Å². The Morgan fingerprint density at radius 2 is 1.74 bits per heavy atom. The fraction of sp³-hybridized carbons (Fsp3) is 0.455. The molecule has 2 heterocycles. The Kier molecular flexibility index (Phi) is 7.65. The van der Waals surface area contributed by atoms with Crippen molar-refractivity contribution in [3.05, 3.63) is 53.9 Å². The number of alkyl halides is 3. The van der Waals surface area contributed by atoms with Crippen molar-refractivity contribution >= 4 is 15.9 Å². The summed E-state index contributed by atoms with van der Waals surface area (Å²) in [5, 5.41) is 22.2. The van der Waals surface area contributed by atoms with Gasteiger partial charge >= 0.3 is 6.43 Å². The molecule has 0 bridgehead atoms. The molecule has 186 valence electrons. The maximum Gasteiger partial charge on any atom is 0.315 e. The standard InChI is InChI=1S/C22H26F3N3O5S/c1-13(2)34(32,33)28-11-22(31,12-28)18-8-7-16(10-26-18)14-3-5-15(6-4-14)19(29)17(9-23)27-21(30)20(24)25/h3-8,10,13,17,19-20,29,31H,9,11-12H2,1-2H3,(H,27,30). The molecule has 34 heavy (non-hydrogen) atoms. The molecule has 3 rings (SSSR count). The van der Waals surface area contributed by atoms with Crippen LogP contribution in [-0.4, -0.2) is 71.3 Å². The van der Waals surface area contributed by atoms with E-state index in [-0.39, 0.29) is 18.7 Å². The molecule has 1 amide bonds. The second kappa shape index (κ2) is 9.98. The lowest BCUT2D eigenvalue weighted by molar-refractivity contribution is -0.133. The normalized spacial score (nSPS) is 17.9. The number of aliphatic hydroxyl groups excluding tert-OH is 1. The molecule has 1 fully saturated rings. The van der Waals surface area contributed by atoms with Crippen LogP contribution >= 0.6 is 0 Å². The number of carbonyl (C=O) groups is 1. The number of nitrogens with zero attached hydrogens (tertiary/aromatic N) is 2. The highest BCUT2D eigenvalue weighted by atomic mass is 32.2. The molecule has 3 N–H and O–H groups in total. The van der Waals surface area contributed by atoms with Gasteiger partial charge in [-0.1, -0.05) is 30.3 Å². The molecule has 1 aromatic carbocycles. The van der Waals surface area contributed by atoms with Crippen LogP contribution in [0.2, 0.25) is 0 Å². The van der Waals surface area contributed by atoms with Crippen molar-refractivity contribution < 1.29 is 36.6 Å². The van der Waals surface area contributed by atoms with Gasteiger partial charge in [-0.15, -0.1) is 0 Å². The van der Waals surface area contributed by atoms with E-state index >= 15 is 0 Å². The molecule has 1 aliphatic rings. The van der Waals surface area contributed by atoms with Crippen LogP contribution in [0.1, 0.15) is 31.2 Å². The Bertz CT molecular complexity index is 1110. The molecule has 2 atom stereocenters. The van der Waals surface area contributed by atoms with Crippen LogP contribution in [0, 0.1) is 0 Å². The lowest BCUT2D eigenvalue weighted by Gasteiger charge is -2.45. The van der Waals surface area contributed by atoms with Gasteiger partial charge in [-0.3, -0.25) is 9.78 Å². The maximum atomic E-state index is 13.2. The van der Waals surface area contributed by atoms with Gasteiger partial charge in [0.25, 0.3) is 5.91 Å². The predicted molar refractivity (Wildman–Crippen MR) is 118 cm³/mol. The lowest BCUT2D eigenvalue weighted by Crippen LogP contribution is -2.62. The van der Waals surface area contributed by atoms with Crippen LogP contribution in [-0.2, 0) is 20.4 Å². The molecule has 1 aliphatic heterocycles. The van der Waals surface area contributed by atoms with E-state index in [1.165, 1.54) is 22.6 Å². The summed E-state index contributed by atoms with van der Waals surface area (Å²) in [6.07, 6.45) is -3.34. The Labute approximate surface area is 195 Å². The number of hydrogen-bond acceptors (Lipinski definition) is 6. The zero-order valence-electron chi connectivity index (χ0n) is 18.5. The van der Waals surface area contributed by atoms with Gasteiger partial charge in [0.1, 0.15) is 18.4 Å². The second-order valence-electron chi connectivity index (χ2n) is 8.46. The van der Waals surface area contributed by atoms with Gasteiger partial charge in [0.15, 0.2) is 0 Å². The summed E-state index contributed by atoms with van der Waals surface area (Å²) in [5.41, 5.74) is 0.513. The summed E-state index contributed by atoms with van der Waals surface area (Å²) in [5.74, 6) is -1.66. The minimum Gasteiger partial charge on any atom is -0.386 e. The van der Waals surface area contributed by atoms with Crippen molar-refractivity contribution in [2.45, 2.75) is 43.3 Å². The van der Waals surface area contributed by atoms with Gasteiger partial charge in [0, 0.05) is 24.8 Å². The Morgan fingerprint density at radius 1 is 1.15 bits per heavy atom. The molecule has 0 spiro atoms. The van der Waals surface area contributed by atoms with E-state index in [9.17, 15) is 36.6 Å². The summed E-state index contributed by atoms with van der Waals surface area (Å²) in [7, 11) is -3.46. The first-order valence-corrected chi connectivity index (χ1v) is 12.0. The molecule has 1 saturated heterocycles. The molecule has 8 nitrogen and oxygen atoms in total. The highest BCUT2D eigenvalue weighted by Gasteiger charge is 2.49. The number of benzene rings is 1. The third-order valence-corrected chi connectivity index (χ3v) is 7.90. The predicted octanol–water partition coefficient (Wildman–Crippen LogP) is 1.74. The van der Waals surface area contributed by atoms with Gasteiger partial charge < -0.3 is 15.5 Å². The monoisotopic (exact) mass is 501 g/mol. The number of nitrogens with one attached hydrogen (secondary N) is 1. The summed E-state index contributed by atoms with van der Waals surface area (Å²) in [6.45, 7) is 1.75. The Morgan fingerprint density at radius 3 is 2.21 bits per heavy atom. The van der Waals surface area contributed by atoms with E-state index in [1.54, 1.807) is 43.4 Å². The highest BCUT2D eigenvalue weighted by molar-refractivity contribution is 7.89. The van der Waals surface area contributed by atoms with E-state index in [0.717, 1.165) is 0 Å². The van der Waals surface area contributed by atoms with Crippen molar-refractivity contribution in [3.63, 3.8) is 0 Å². The smallest absolute Gasteiger partial charge is 0.315 e. The van der Waals surface area contributed by atoms with Crippen molar-refractivity contribution in [2.24, 2.45) is 0 Å². The zero-order valence-corrected chi connectivity index (χ0v) is 19.3. The molecule has 0 radical (unpaired) electrons. The quantitative estimate of drug-likeness (QED) is 0.482. The molecule has 12 heteroatoms. The minimum absolute atomic E-state index is 0.0791. The largest absolute Gasteiger partial charge is 0.386 e. The number of amides is 1. The Balaban J connectivity index is 1.68.